The highest BCUT2D eigenvalue weighted by Crippen LogP contribution is 2.31. The van der Waals surface area contributed by atoms with Crippen LogP contribution in [0.5, 0.6) is 0 Å². The zero-order valence-electron chi connectivity index (χ0n) is 8.55. The molecule has 0 saturated carbocycles. The molecule has 0 heterocycles. The second-order valence-corrected chi connectivity index (χ2v) is 5.57. The van der Waals surface area contributed by atoms with Gasteiger partial charge in [0.2, 0.25) is 10.0 Å². The van der Waals surface area contributed by atoms with E-state index in [0.717, 1.165) is 10.6 Å². The number of sulfonamides is 1. The van der Waals surface area contributed by atoms with Crippen LogP contribution in [0.25, 0.3) is 0 Å². The lowest BCUT2D eigenvalue weighted by atomic mass is 10.3. The minimum atomic E-state index is -3.56. The first-order valence-electron chi connectivity index (χ1n) is 4.11. The minimum Gasteiger partial charge on any atom is -0.267 e. The third-order valence-corrected chi connectivity index (χ3v) is 3.40. The lowest BCUT2D eigenvalue weighted by Crippen LogP contribution is -2.25. The van der Waals surface area contributed by atoms with E-state index in [1.165, 1.54) is 25.2 Å². The van der Waals surface area contributed by atoms with Gasteiger partial charge < -0.3 is 0 Å². The van der Waals surface area contributed by atoms with Crippen LogP contribution in [0.3, 0.4) is 0 Å². The molecule has 1 aromatic rings. The second kappa shape index (κ2) is 4.26. The van der Waals surface area contributed by atoms with Crippen molar-refractivity contribution in [3.8, 4) is 0 Å². The average Bonchev–Trinajstić information content (AvgIpc) is 2.14. The number of anilines is 1. The molecule has 16 heavy (non-hydrogen) atoms. The predicted molar refractivity (Wildman–Crippen MR) is 61.4 cm³/mol. The highest BCUT2D eigenvalue weighted by Gasteiger charge is 2.22. The first kappa shape index (κ1) is 12.7. The first-order valence-corrected chi connectivity index (χ1v) is 6.34. The van der Waals surface area contributed by atoms with Crippen LogP contribution in [0.4, 0.5) is 11.4 Å². The summed E-state index contributed by atoms with van der Waals surface area (Å²) in [5.41, 5.74) is -0.364. The standard InChI is InChI=1S/C8H9ClN2O4S/c1-10(16(2,14)15)8-5-6(9)3-4-7(8)11(12)13/h3-5H,1-2H3. The van der Waals surface area contributed by atoms with Crippen molar-refractivity contribution < 1.29 is 13.3 Å². The minimum absolute atomic E-state index is 0.0556. The van der Waals surface area contributed by atoms with E-state index in [2.05, 4.69) is 0 Å². The summed E-state index contributed by atoms with van der Waals surface area (Å²) in [5.74, 6) is 0. The molecule has 1 rings (SSSR count). The molecule has 0 unspecified atom stereocenters. The van der Waals surface area contributed by atoms with Gasteiger partial charge in [-0.05, 0) is 12.1 Å². The fraction of sp³-hybridized carbons (Fsp3) is 0.250. The molecule has 1 aromatic carbocycles. The summed E-state index contributed by atoms with van der Waals surface area (Å²) in [6.45, 7) is 0. The van der Waals surface area contributed by atoms with Gasteiger partial charge in [-0.15, -0.1) is 0 Å². The number of hydrogen-bond acceptors (Lipinski definition) is 4. The number of rotatable bonds is 3. The summed E-state index contributed by atoms with van der Waals surface area (Å²) < 4.78 is 23.4. The Morgan fingerprint density at radius 2 is 2.00 bits per heavy atom. The topological polar surface area (TPSA) is 80.5 Å². The SMILES string of the molecule is CN(c1cc(Cl)ccc1[N+](=O)[O-])S(C)(=O)=O. The summed E-state index contributed by atoms with van der Waals surface area (Å²) in [5, 5.41) is 10.9. The van der Waals surface area contributed by atoms with Crippen molar-refractivity contribution in [3.63, 3.8) is 0 Å². The summed E-state index contributed by atoms with van der Waals surface area (Å²) in [6, 6.07) is 3.74. The molecule has 0 aromatic heterocycles. The Kier molecular flexibility index (Phi) is 3.39. The van der Waals surface area contributed by atoms with Crippen LogP contribution in [0.2, 0.25) is 5.02 Å². The molecule has 0 spiro atoms. The van der Waals surface area contributed by atoms with Crippen molar-refractivity contribution in [1.82, 2.24) is 0 Å². The number of nitrogens with zero attached hydrogens (tertiary/aromatic N) is 2. The monoisotopic (exact) mass is 264 g/mol. The molecule has 88 valence electrons. The Morgan fingerprint density at radius 3 is 2.44 bits per heavy atom. The highest BCUT2D eigenvalue weighted by molar-refractivity contribution is 7.92. The third-order valence-electron chi connectivity index (χ3n) is 1.97. The molecule has 0 saturated heterocycles. The van der Waals surface area contributed by atoms with Gasteiger partial charge in [0.1, 0.15) is 5.69 Å². The van der Waals surface area contributed by atoms with Crippen LogP contribution in [-0.4, -0.2) is 26.6 Å². The maximum atomic E-state index is 11.3. The number of nitro groups is 1. The van der Waals surface area contributed by atoms with Gasteiger partial charge in [0.15, 0.2) is 0 Å². The van der Waals surface area contributed by atoms with Gasteiger partial charge in [-0.25, -0.2) is 8.42 Å². The van der Waals surface area contributed by atoms with Crippen molar-refractivity contribution >= 4 is 33.0 Å². The zero-order valence-corrected chi connectivity index (χ0v) is 10.1. The lowest BCUT2D eigenvalue weighted by molar-refractivity contribution is -0.384. The Bertz CT molecular complexity index is 529. The van der Waals surface area contributed by atoms with Crippen LogP contribution < -0.4 is 4.31 Å². The first-order chi connectivity index (χ1) is 7.23. The molecule has 0 atom stereocenters. The van der Waals surface area contributed by atoms with Gasteiger partial charge in [0.25, 0.3) is 5.69 Å². The van der Waals surface area contributed by atoms with Gasteiger partial charge in [-0.2, -0.15) is 0 Å². The average molecular weight is 265 g/mol. The van der Waals surface area contributed by atoms with Crippen LogP contribution >= 0.6 is 11.6 Å². The number of benzene rings is 1. The summed E-state index contributed by atoms with van der Waals surface area (Å²) in [4.78, 5) is 10.0. The van der Waals surface area contributed by atoms with Gasteiger partial charge >= 0.3 is 0 Å². The molecule has 0 bridgehead atoms. The summed E-state index contributed by atoms with van der Waals surface area (Å²) in [6.07, 6.45) is 0.956. The maximum absolute atomic E-state index is 11.3. The van der Waals surface area contributed by atoms with Crippen LogP contribution in [0.1, 0.15) is 0 Å². The molecule has 0 aliphatic carbocycles. The largest absolute Gasteiger partial charge is 0.293 e. The maximum Gasteiger partial charge on any atom is 0.293 e. The van der Waals surface area contributed by atoms with E-state index in [0.29, 0.717) is 0 Å². The Labute approximate surface area is 97.6 Å². The Morgan fingerprint density at radius 1 is 1.44 bits per heavy atom. The predicted octanol–water partition coefficient (Wildman–Crippen LogP) is 1.64. The Hall–Kier alpha value is -1.34. The summed E-state index contributed by atoms with van der Waals surface area (Å²) >= 11 is 5.67. The van der Waals surface area contributed by atoms with E-state index < -0.39 is 14.9 Å². The summed E-state index contributed by atoms with van der Waals surface area (Å²) in [7, 11) is -2.33. The fourth-order valence-electron chi connectivity index (χ4n) is 1.08. The van der Waals surface area contributed by atoms with E-state index >= 15 is 0 Å². The Balaban J connectivity index is 3.42. The molecular formula is C8H9ClN2O4S. The molecule has 8 heteroatoms. The molecule has 0 aliphatic rings. The quantitative estimate of drug-likeness (QED) is 0.614. The molecule has 0 radical (unpaired) electrons. The van der Waals surface area contributed by atoms with Gasteiger partial charge in [-0.3, -0.25) is 14.4 Å². The molecule has 6 nitrogen and oxygen atoms in total. The molecule has 0 N–H and O–H groups in total. The number of hydrogen-bond donors (Lipinski definition) is 0. The van der Waals surface area contributed by atoms with Crippen molar-refractivity contribution in [2.75, 3.05) is 17.6 Å². The van der Waals surface area contributed by atoms with E-state index in [1.54, 1.807) is 0 Å². The van der Waals surface area contributed by atoms with Crippen LogP contribution in [-0.2, 0) is 10.0 Å². The third kappa shape index (κ3) is 2.61. The molecule has 0 fully saturated rings. The molecule has 0 aliphatic heterocycles. The van der Waals surface area contributed by atoms with Gasteiger partial charge in [0, 0.05) is 18.1 Å². The molecule has 0 amide bonds. The van der Waals surface area contributed by atoms with Crippen LogP contribution in [0, 0.1) is 10.1 Å². The highest BCUT2D eigenvalue weighted by atomic mass is 35.5. The smallest absolute Gasteiger partial charge is 0.267 e. The van der Waals surface area contributed by atoms with Crippen molar-refractivity contribution in [2.24, 2.45) is 0 Å². The van der Waals surface area contributed by atoms with Crippen molar-refractivity contribution in [2.45, 2.75) is 0 Å². The molecular weight excluding hydrogens is 256 g/mol. The fourth-order valence-corrected chi connectivity index (χ4v) is 1.75. The van der Waals surface area contributed by atoms with Crippen molar-refractivity contribution in [1.29, 1.82) is 0 Å². The zero-order chi connectivity index (χ0) is 12.5. The lowest BCUT2D eigenvalue weighted by Gasteiger charge is -2.16. The second-order valence-electron chi connectivity index (χ2n) is 3.12. The number of halogens is 1. The van der Waals surface area contributed by atoms with E-state index in [9.17, 15) is 18.5 Å². The van der Waals surface area contributed by atoms with E-state index in [-0.39, 0.29) is 16.4 Å². The normalized spacial score (nSPS) is 11.2. The van der Waals surface area contributed by atoms with E-state index in [1.807, 2.05) is 0 Å². The van der Waals surface area contributed by atoms with Crippen LogP contribution in [0.15, 0.2) is 18.2 Å². The number of nitro benzene ring substituents is 1. The van der Waals surface area contributed by atoms with Crippen molar-refractivity contribution in [3.05, 3.63) is 33.3 Å². The van der Waals surface area contributed by atoms with E-state index in [4.69, 9.17) is 11.6 Å². The van der Waals surface area contributed by atoms with Gasteiger partial charge in [0.05, 0.1) is 11.2 Å². The van der Waals surface area contributed by atoms with Gasteiger partial charge in [-0.1, -0.05) is 11.6 Å².